The lowest BCUT2D eigenvalue weighted by atomic mass is 9.73. The van der Waals surface area contributed by atoms with Gasteiger partial charge >= 0.3 is 5.97 Å². The Balaban J connectivity index is 1.02. The van der Waals surface area contributed by atoms with Gasteiger partial charge in [0.05, 0.1) is 19.1 Å². The molecule has 1 atom stereocenters. The molecule has 1 N–H and O–H groups in total. The first-order valence-corrected chi connectivity index (χ1v) is 16.9. The number of aryl methyl sites for hydroxylation is 2. The maximum absolute atomic E-state index is 12.4. The molecule has 0 amide bonds. The van der Waals surface area contributed by atoms with Crippen molar-refractivity contribution in [3.63, 3.8) is 0 Å². The van der Waals surface area contributed by atoms with Crippen LogP contribution in [-0.2, 0) is 24.1 Å². The first-order valence-electron chi connectivity index (χ1n) is 16.9. The van der Waals surface area contributed by atoms with Gasteiger partial charge in [0.15, 0.2) is 0 Å². The third-order valence-electron chi connectivity index (χ3n) is 10.2. The fourth-order valence-electron chi connectivity index (χ4n) is 7.11. The highest BCUT2D eigenvalue weighted by atomic mass is 16.5. The Bertz CT molecular complexity index is 1450. The zero-order valence-electron chi connectivity index (χ0n) is 27.6. The number of anilines is 1. The van der Waals surface area contributed by atoms with Crippen LogP contribution < -0.4 is 19.5 Å². The molecule has 7 rings (SSSR count). The van der Waals surface area contributed by atoms with Crippen LogP contribution in [0.5, 0.6) is 17.2 Å². The van der Waals surface area contributed by atoms with Crippen LogP contribution >= 0.6 is 0 Å². The highest BCUT2D eigenvalue weighted by molar-refractivity contribution is 5.78. The van der Waals surface area contributed by atoms with Crippen molar-refractivity contribution >= 4 is 11.7 Å². The van der Waals surface area contributed by atoms with Crippen LogP contribution in [0.2, 0.25) is 0 Å². The number of benzene rings is 3. The van der Waals surface area contributed by atoms with E-state index in [2.05, 4.69) is 64.8 Å². The number of hydrogen-bond acceptors (Lipinski definition) is 6. The van der Waals surface area contributed by atoms with Crippen molar-refractivity contribution in [3.8, 4) is 17.2 Å². The molecule has 3 aliphatic heterocycles. The number of nitrogens with one attached hydrogen (secondary N) is 1. The molecule has 1 aliphatic carbocycles. The highest BCUT2D eigenvalue weighted by Crippen LogP contribution is 2.41. The summed E-state index contributed by atoms with van der Waals surface area (Å²) in [6.07, 6.45) is 8.88. The third-order valence-corrected chi connectivity index (χ3v) is 10.2. The first-order chi connectivity index (χ1) is 21.7. The minimum absolute atomic E-state index is 0.203. The van der Waals surface area contributed by atoms with Crippen LogP contribution in [0.25, 0.3) is 0 Å². The molecule has 0 aromatic heterocycles. The second kappa shape index (κ2) is 13.5. The van der Waals surface area contributed by atoms with Gasteiger partial charge in [-0.15, -0.1) is 0 Å². The summed E-state index contributed by atoms with van der Waals surface area (Å²) in [5.41, 5.74) is 6.33. The largest absolute Gasteiger partial charge is 0.497 e. The van der Waals surface area contributed by atoms with Crippen molar-refractivity contribution in [2.45, 2.75) is 78.1 Å². The van der Waals surface area contributed by atoms with E-state index in [-0.39, 0.29) is 5.97 Å². The van der Waals surface area contributed by atoms with Gasteiger partial charge in [-0.3, -0.25) is 4.79 Å². The summed E-state index contributed by atoms with van der Waals surface area (Å²) in [5, 5.41) is 3.74. The molecule has 0 saturated carbocycles. The molecule has 0 radical (unpaired) electrons. The number of carbonyl (C=O) groups excluding carboxylic acids is 1. The Morgan fingerprint density at radius 2 is 1.62 bits per heavy atom. The van der Waals surface area contributed by atoms with Crippen LogP contribution in [-0.4, -0.2) is 50.8 Å². The van der Waals surface area contributed by atoms with E-state index in [4.69, 9.17) is 14.2 Å². The van der Waals surface area contributed by atoms with Crippen molar-refractivity contribution in [2.75, 3.05) is 45.2 Å². The van der Waals surface area contributed by atoms with E-state index in [0.29, 0.717) is 17.1 Å². The fourth-order valence-corrected chi connectivity index (χ4v) is 7.11. The van der Waals surface area contributed by atoms with Gasteiger partial charge in [-0.1, -0.05) is 24.3 Å². The molecule has 1 unspecified atom stereocenters. The molecule has 3 saturated heterocycles. The van der Waals surface area contributed by atoms with Crippen LogP contribution in [0.1, 0.15) is 81.0 Å². The Morgan fingerprint density at radius 1 is 0.911 bits per heavy atom. The lowest BCUT2D eigenvalue weighted by molar-refractivity contribution is -0.143. The molecule has 4 aliphatic rings. The summed E-state index contributed by atoms with van der Waals surface area (Å²) in [6.45, 7) is 11.1. The van der Waals surface area contributed by atoms with Crippen LogP contribution in [0.3, 0.4) is 0 Å². The standard InChI is InChI=1S/C39H50N2O4/c1-38(2,3)37(42)45-34-14-11-29-24-31(10-9-30(29)25-34)35-16-15-33(43-4)26-36(35)40-20-5-6-28-7-12-32(13-8-28)44-27-39-17-21-41(22-18-39)23-19-39/h7-8,11-16,25-26,31,40H,5-6,9-10,17-24,27H2,1-4H3. The molecule has 3 heterocycles. The summed E-state index contributed by atoms with van der Waals surface area (Å²) in [6, 6.07) is 21.3. The van der Waals surface area contributed by atoms with E-state index in [1.807, 2.05) is 26.8 Å². The molecule has 240 valence electrons. The fraction of sp³-hybridized carbons (Fsp3) is 0.513. The van der Waals surface area contributed by atoms with Crippen LogP contribution in [0, 0.1) is 10.8 Å². The lowest BCUT2D eigenvalue weighted by Crippen LogP contribution is -2.50. The number of hydrogen-bond donors (Lipinski definition) is 1. The predicted octanol–water partition coefficient (Wildman–Crippen LogP) is 7.83. The SMILES string of the molecule is COc1ccc(C2CCc3cc(OC(=O)C(C)(C)C)ccc3C2)c(NCCCc2ccc(OCC34CCN(CC3)CC4)cc2)c1. The molecule has 6 nitrogen and oxygen atoms in total. The summed E-state index contributed by atoms with van der Waals surface area (Å²) in [5.74, 6) is 2.73. The molecule has 3 aromatic carbocycles. The number of carbonyl (C=O) groups is 1. The van der Waals surface area contributed by atoms with E-state index in [1.165, 1.54) is 61.2 Å². The quantitative estimate of drug-likeness (QED) is 0.136. The summed E-state index contributed by atoms with van der Waals surface area (Å²) in [4.78, 5) is 15.0. The van der Waals surface area contributed by atoms with Gasteiger partial charge in [-0.05, 0) is 150 Å². The molecule has 3 aromatic rings. The molecule has 0 spiro atoms. The van der Waals surface area contributed by atoms with Gasteiger partial charge in [0.25, 0.3) is 0 Å². The van der Waals surface area contributed by atoms with Gasteiger partial charge in [0, 0.05) is 23.7 Å². The Labute approximate surface area is 269 Å². The monoisotopic (exact) mass is 610 g/mol. The highest BCUT2D eigenvalue weighted by Gasteiger charge is 2.40. The maximum Gasteiger partial charge on any atom is 0.316 e. The summed E-state index contributed by atoms with van der Waals surface area (Å²) >= 11 is 0. The Kier molecular flexibility index (Phi) is 9.41. The number of methoxy groups -OCH3 is 1. The van der Waals surface area contributed by atoms with Crippen LogP contribution in [0.15, 0.2) is 60.7 Å². The zero-order chi connectivity index (χ0) is 31.4. The number of piperidine rings is 3. The number of ether oxygens (including phenoxy) is 3. The smallest absolute Gasteiger partial charge is 0.316 e. The molecule has 6 heteroatoms. The van der Waals surface area contributed by atoms with E-state index in [1.54, 1.807) is 7.11 Å². The first kappa shape index (κ1) is 31.5. The van der Waals surface area contributed by atoms with Gasteiger partial charge in [0.2, 0.25) is 0 Å². The number of nitrogens with zero attached hydrogens (tertiary/aromatic N) is 1. The number of fused-ring (bicyclic) bond motifs is 4. The summed E-state index contributed by atoms with van der Waals surface area (Å²) in [7, 11) is 1.73. The molecular formula is C39H50N2O4. The Morgan fingerprint density at radius 3 is 2.33 bits per heavy atom. The number of esters is 1. The zero-order valence-corrected chi connectivity index (χ0v) is 27.6. The van der Waals surface area contributed by atoms with Crippen LogP contribution in [0.4, 0.5) is 5.69 Å². The van der Waals surface area contributed by atoms with E-state index in [0.717, 1.165) is 62.4 Å². The molecule has 45 heavy (non-hydrogen) atoms. The van der Waals surface area contributed by atoms with E-state index < -0.39 is 5.41 Å². The average Bonchev–Trinajstić information content (AvgIpc) is 3.06. The Hall–Kier alpha value is -3.51. The predicted molar refractivity (Wildman–Crippen MR) is 181 cm³/mol. The second-order valence-corrected chi connectivity index (χ2v) is 14.5. The van der Waals surface area contributed by atoms with Gasteiger partial charge < -0.3 is 24.4 Å². The van der Waals surface area contributed by atoms with Crippen molar-refractivity contribution in [1.29, 1.82) is 0 Å². The van der Waals surface area contributed by atoms with Gasteiger partial charge in [0.1, 0.15) is 17.2 Å². The third kappa shape index (κ3) is 7.66. The van der Waals surface area contributed by atoms with Crippen molar-refractivity contribution in [1.82, 2.24) is 4.90 Å². The van der Waals surface area contributed by atoms with Gasteiger partial charge in [-0.25, -0.2) is 0 Å². The van der Waals surface area contributed by atoms with Crippen molar-refractivity contribution in [3.05, 3.63) is 82.9 Å². The van der Waals surface area contributed by atoms with E-state index in [9.17, 15) is 4.79 Å². The van der Waals surface area contributed by atoms with Gasteiger partial charge in [-0.2, -0.15) is 0 Å². The van der Waals surface area contributed by atoms with E-state index >= 15 is 0 Å². The summed E-state index contributed by atoms with van der Waals surface area (Å²) < 4.78 is 17.5. The minimum atomic E-state index is -0.523. The van der Waals surface area contributed by atoms with Crippen molar-refractivity contribution < 1.29 is 19.0 Å². The molecule has 3 fully saturated rings. The average molecular weight is 611 g/mol. The second-order valence-electron chi connectivity index (χ2n) is 14.5. The number of rotatable bonds is 11. The van der Waals surface area contributed by atoms with Crippen molar-refractivity contribution in [2.24, 2.45) is 10.8 Å². The topological polar surface area (TPSA) is 60.0 Å². The molecule has 2 bridgehead atoms. The lowest BCUT2D eigenvalue weighted by Gasteiger charge is -2.48. The maximum atomic E-state index is 12.4. The minimum Gasteiger partial charge on any atom is -0.497 e. The molecular weight excluding hydrogens is 560 g/mol. The normalized spacial score (nSPS) is 22.4.